The monoisotopic (exact) mass is 888 g/mol. The molecule has 0 unspecified atom stereocenters. The molecule has 10 heteroatoms. The number of fused-ring (bicyclic) bond motifs is 3. The molecule has 2 saturated heterocycles. The lowest BCUT2D eigenvalue weighted by Crippen LogP contribution is -2.51. The fourth-order valence-electron chi connectivity index (χ4n) is 11.2. The van der Waals surface area contributed by atoms with Crippen LogP contribution in [0.1, 0.15) is 145 Å². The number of hydrogen-bond acceptors (Lipinski definition) is 10. The van der Waals surface area contributed by atoms with Crippen molar-refractivity contribution in [3.8, 4) is 0 Å². The summed E-state index contributed by atoms with van der Waals surface area (Å²) in [6.07, 6.45) is 26.3. The molecule has 0 spiro atoms. The maximum absolute atomic E-state index is 12.1. The summed E-state index contributed by atoms with van der Waals surface area (Å²) in [5.74, 6) is 0.768. The maximum atomic E-state index is 12.1. The summed E-state index contributed by atoms with van der Waals surface area (Å²) in [6.45, 7) is 18.3. The van der Waals surface area contributed by atoms with Crippen molar-refractivity contribution >= 4 is 0 Å². The van der Waals surface area contributed by atoms with Crippen LogP contribution in [0.15, 0.2) is 47.6 Å². The number of aliphatic hydroxyl groups is 3. The second-order valence-electron chi connectivity index (χ2n) is 20.5. The van der Waals surface area contributed by atoms with Crippen LogP contribution in [-0.4, -0.2) is 129 Å². The number of piperidine rings is 1. The zero-order chi connectivity index (χ0) is 45.9. The normalized spacial score (nSPS) is 38.9. The van der Waals surface area contributed by atoms with Gasteiger partial charge in [0.05, 0.1) is 56.4 Å². The highest BCUT2D eigenvalue weighted by Crippen LogP contribution is 2.39. The quantitative estimate of drug-likeness (QED) is 0.193. The van der Waals surface area contributed by atoms with E-state index in [9.17, 15) is 15.3 Å². The van der Waals surface area contributed by atoms with E-state index in [0.29, 0.717) is 55.8 Å². The van der Waals surface area contributed by atoms with E-state index in [1.807, 2.05) is 0 Å². The predicted octanol–water partition coefficient (Wildman–Crippen LogP) is 9.61. The summed E-state index contributed by atoms with van der Waals surface area (Å²) in [5, 5.41) is 33.1. The van der Waals surface area contributed by atoms with Gasteiger partial charge in [-0.1, -0.05) is 77.5 Å². The third-order valence-corrected chi connectivity index (χ3v) is 15.3. The number of allylic oxidation sites excluding steroid dienone is 6. The van der Waals surface area contributed by atoms with Crippen molar-refractivity contribution in [1.82, 2.24) is 4.90 Å². The van der Waals surface area contributed by atoms with Crippen LogP contribution >= 0.6 is 0 Å². The Balaban J connectivity index is 1.55. The first-order valence-electron chi connectivity index (χ1n) is 25.1. The minimum Gasteiger partial charge on any atom is -0.394 e. The molecule has 3 N–H and O–H groups in total. The molecule has 4 rings (SSSR count). The van der Waals surface area contributed by atoms with Gasteiger partial charge in [0.2, 0.25) is 0 Å². The number of rotatable bonds is 9. The Morgan fingerprint density at radius 3 is 2.30 bits per heavy atom. The molecule has 3 heterocycles. The average molecular weight is 888 g/mol. The van der Waals surface area contributed by atoms with Crippen molar-refractivity contribution in [3.05, 3.63) is 47.6 Å². The molecule has 1 aliphatic carbocycles. The van der Waals surface area contributed by atoms with Gasteiger partial charge in [0.1, 0.15) is 6.10 Å². The summed E-state index contributed by atoms with van der Waals surface area (Å²) in [5.41, 5.74) is 2.11. The second-order valence-corrected chi connectivity index (χ2v) is 20.5. The van der Waals surface area contributed by atoms with Gasteiger partial charge in [-0.15, -0.1) is 0 Å². The maximum Gasteiger partial charge on any atom is 0.169 e. The van der Waals surface area contributed by atoms with Gasteiger partial charge in [-0.2, -0.15) is 0 Å². The van der Waals surface area contributed by atoms with Crippen molar-refractivity contribution in [1.29, 1.82) is 0 Å². The zero-order valence-electron chi connectivity index (χ0n) is 41.4. The van der Waals surface area contributed by atoms with Gasteiger partial charge in [0, 0.05) is 52.7 Å². The third kappa shape index (κ3) is 17.6. The van der Waals surface area contributed by atoms with Crippen molar-refractivity contribution in [2.24, 2.45) is 35.5 Å². The molecule has 1 saturated carbocycles. The van der Waals surface area contributed by atoms with E-state index in [2.05, 4.69) is 89.8 Å². The summed E-state index contributed by atoms with van der Waals surface area (Å²) < 4.78 is 37.6. The van der Waals surface area contributed by atoms with E-state index in [4.69, 9.17) is 28.4 Å². The van der Waals surface area contributed by atoms with Crippen LogP contribution in [0.25, 0.3) is 0 Å². The van der Waals surface area contributed by atoms with Gasteiger partial charge >= 0.3 is 0 Å². The molecule has 3 aliphatic heterocycles. The molecule has 15 atom stereocenters. The molecule has 63 heavy (non-hydrogen) atoms. The molecule has 0 radical (unpaired) electrons. The van der Waals surface area contributed by atoms with Gasteiger partial charge in [0.15, 0.2) is 5.79 Å². The third-order valence-electron chi connectivity index (χ3n) is 15.3. The molecule has 4 aliphatic rings. The Morgan fingerprint density at radius 1 is 0.794 bits per heavy atom. The van der Waals surface area contributed by atoms with Crippen LogP contribution in [0.5, 0.6) is 0 Å². The molecular weight excluding hydrogens is 795 g/mol. The number of hydrogen-bond donors (Lipinski definition) is 3. The van der Waals surface area contributed by atoms with Crippen molar-refractivity contribution in [3.63, 3.8) is 0 Å². The van der Waals surface area contributed by atoms with Crippen LogP contribution in [0.3, 0.4) is 0 Å². The lowest BCUT2D eigenvalue weighted by atomic mass is 9.78. The molecule has 0 aromatic heterocycles. The zero-order valence-corrected chi connectivity index (χ0v) is 41.4. The summed E-state index contributed by atoms with van der Waals surface area (Å²) in [6, 6.07) is 0.291. The van der Waals surface area contributed by atoms with E-state index in [1.54, 1.807) is 21.3 Å². The molecule has 0 amide bonds. The minimum absolute atomic E-state index is 0.0277. The van der Waals surface area contributed by atoms with E-state index in [1.165, 1.54) is 6.42 Å². The van der Waals surface area contributed by atoms with E-state index < -0.39 is 11.9 Å². The fraction of sp³-hybridized carbons (Fsp3) is 0.849. The number of nitrogens with zero attached hydrogens (tertiary/aromatic N) is 1. The molecule has 2 bridgehead atoms. The summed E-state index contributed by atoms with van der Waals surface area (Å²) >= 11 is 0. The lowest BCUT2D eigenvalue weighted by molar-refractivity contribution is -0.287. The van der Waals surface area contributed by atoms with E-state index >= 15 is 0 Å². The molecule has 10 nitrogen and oxygen atoms in total. The Morgan fingerprint density at radius 2 is 1.57 bits per heavy atom. The highest BCUT2D eigenvalue weighted by molar-refractivity contribution is 5.18. The topological polar surface area (TPSA) is 119 Å². The van der Waals surface area contributed by atoms with Gasteiger partial charge in [-0.3, -0.25) is 4.90 Å². The number of aliphatic hydroxyl groups excluding tert-OH is 2. The standard InChI is InChI=1S/C53H93NO9/c1-37-16-12-11-13-17-40(4)49(58-8)35-46-22-20-43(7)53(57,63-46)25-27-54-26-15-14-18-45(54)36-62-47(41(5)33-44-21-24-48(61-29-28-55)50(34-44)59-9)23-19-38(2)31-42(6)52(56)51(60-10)32-39(3)30-37/h11-13,16-17,31,37-39,41,43-52,55-57H,14-15,18-30,32-36H2,1-10H3/t37-,38-,39-,41-,43-,44+,45+,46+,47+,48-,49+,50-,51-,52-,53-/m1/s1. The second kappa shape index (κ2) is 28.0. The number of methoxy groups -OCH3 is 3. The molecule has 3 fully saturated rings. The predicted molar refractivity (Wildman–Crippen MR) is 255 cm³/mol. The Bertz CT molecular complexity index is 1400. The first kappa shape index (κ1) is 54.2. The molecule has 0 aromatic rings. The van der Waals surface area contributed by atoms with Gasteiger partial charge < -0.3 is 43.7 Å². The molecule has 0 aromatic carbocycles. The summed E-state index contributed by atoms with van der Waals surface area (Å²) in [4.78, 5) is 2.56. The van der Waals surface area contributed by atoms with Crippen LogP contribution in [0.2, 0.25) is 0 Å². The van der Waals surface area contributed by atoms with Crippen LogP contribution in [0, 0.1) is 35.5 Å². The van der Waals surface area contributed by atoms with Crippen molar-refractivity contribution in [2.75, 3.05) is 54.2 Å². The van der Waals surface area contributed by atoms with Gasteiger partial charge in [-0.05, 0) is 138 Å². The smallest absolute Gasteiger partial charge is 0.169 e. The Hall–Kier alpha value is -1.44. The van der Waals surface area contributed by atoms with Gasteiger partial charge in [-0.25, -0.2) is 0 Å². The summed E-state index contributed by atoms with van der Waals surface area (Å²) in [7, 11) is 5.27. The Kier molecular flexibility index (Phi) is 24.1. The van der Waals surface area contributed by atoms with Crippen LogP contribution < -0.4 is 0 Å². The first-order chi connectivity index (χ1) is 30.2. The largest absolute Gasteiger partial charge is 0.394 e. The van der Waals surface area contributed by atoms with E-state index in [-0.39, 0.29) is 55.1 Å². The fourth-order valence-corrected chi connectivity index (χ4v) is 11.2. The van der Waals surface area contributed by atoms with Crippen LogP contribution in [-0.2, 0) is 28.4 Å². The van der Waals surface area contributed by atoms with Crippen molar-refractivity contribution in [2.45, 2.75) is 199 Å². The average Bonchev–Trinajstić information content (AvgIpc) is 3.26. The first-order valence-corrected chi connectivity index (χ1v) is 25.1. The highest BCUT2D eigenvalue weighted by atomic mass is 16.6. The van der Waals surface area contributed by atoms with E-state index in [0.717, 1.165) is 101 Å². The van der Waals surface area contributed by atoms with Crippen LogP contribution in [0.4, 0.5) is 0 Å². The number of ether oxygens (including phenoxy) is 6. The highest BCUT2D eigenvalue weighted by Gasteiger charge is 2.43. The van der Waals surface area contributed by atoms with Crippen molar-refractivity contribution < 1.29 is 43.7 Å². The SMILES string of the molecule is CO[C@H]1C[C@@H]2CC[C@@H](C)[C@@](O)(CCN3CCCC[C@H]3CO[C@H]([C@H](C)C[C@@H]3CC[C@@H](OCCO)[C@H](OC)C3)CC[C@@H](C)C=C(C)[C@@H](O)[C@H](OC)C[C@H](C)C[C@H](C)C=CC=CC=C1C)O2. The van der Waals surface area contributed by atoms with Gasteiger partial charge in [0.25, 0.3) is 0 Å². The minimum atomic E-state index is -1.18. The molecule has 364 valence electrons. The Labute approximate surface area is 384 Å². The lowest BCUT2D eigenvalue weighted by Gasteiger charge is -2.45. The molecular formula is C53H93NO9.